The standard InChI is InChI=1S/C37H50N2O6S/c1-5-20-44-37-34(46-6-2)23-32(39-42-4)30-21-26(13-7-9-18-40)29(15-8-10-19-41)35(36(30)37)31-22-28(16-17-33(31)45-37)43-24-27-14-11-12-25(3)38-27/h5,11-12,14,16-17,21-22,26,29,34-36,40-41H,1,6-10,13,15,18-20,23-24H2,2-4H3/t26-,29+,34-,35+,36+,37+/m0/s1. The Hall–Kier alpha value is -2.85. The van der Waals surface area contributed by atoms with E-state index in [9.17, 15) is 10.2 Å². The Morgan fingerprint density at radius 1 is 1.13 bits per heavy atom. The highest BCUT2D eigenvalue weighted by Crippen LogP contribution is 2.62. The molecule has 2 aliphatic carbocycles. The summed E-state index contributed by atoms with van der Waals surface area (Å²) in [6.07, 6.45) is 10.2. The van der Waals surface area contributed by atoms with E-state index in [1.807, 2.05) is 49.0 Å². The van der Waals surface area contributed by atoms with Crippen LogP contribution in [-0.4, -0.2) is 64.6 Å². The highest BCUT2D eigenvalue weighted by Gasteiger charge is 2.63. The second kappa shape index (κ2) is 16.3. The molecule has 6 atom stereocenters. The molecule has 8 nitrogen and oxygen atoms in total. The molecular weight excluding hydrogens is 600 g/mol. The molecule has 1 saturated carbocycles. The van der Waals surface area contributed by atoms with E-state index in [0.29, 0.717) is 19.6 Å². The molecule has 2 heterocycles. The van der Waals surface area contributed by atoms with Crippen LogP contribution in [0.3, 0.4) is 0 Å². The average Bonchev–Trinajstić information content (AvgIpc) is 3.06. The lowest BCUT2D eigenvalue weighted by Crippen LogP contribution is -2.64. The van der Waals surface area contributed by atoms with Crippen LogP contribution in [0.4, 0.5) is 0 Å². The Morgan fingerprint density at radius 3 is 2.65 bits per heavy atom. The van der Waals surface area contributed by atoms with Crippen molar-refractivity contribution in [1.29, 1.82) is 0 Å². The van der Waals surface area contributed by atoms with Gasteiger partial charge in [-0.2, -0.15) is 11.8 Å². The summed E-state index contributed by atoms with van der Waals surface area (Å²) in [7, 11) is 1.61. The van der Waals surface area contributed by atoms with Gasteiger partial charge in [0.25, 0.3) is 0 Å². The van der Waals surface area contributed by atoms with Gasteiger partial charge in [0.05, 0.1) is 29.2 Å². The van der Waals surface area contributed by atoms with Crippen LogP contribution in [0.2, 0.25) is 0 Å². The summed E-state index contributed by atoms with van der Waals surface area (Å²) >= 11 is 1.84. The Labute approximate surface area is 278 Å². The Morgan fingerprint density at radius 2 is 1.93 bits per heavy atom. The van der Waals surface area contributed by atoms with Crippen LogP contribution in [0.5, 0.6) is 11.5 Å². The number of allylic oxidation sites excluding steroid dienone is 1. The van der Waals surface area contributed by atoms with Gasteiger partial charge in [-0.1, -0.05) is 43.1 Å². The number of aromatic nitrogens is 1. The summed E-state index contributed by atoms with van der Waals surface area (Å²) in [5, 5.41) is 24.0. The molecule has 5 rings (SSSR count). The van der Waals surface area contributed by atoms with Gasteiger partial charge in [-0.3, -0.25) is 4.98 Å². The second-order valence-corrected chi connectivity index (χ2v) is 13.9. The molecule has 46 heavy (non-hydrogen) atoms. The number of aliphatic hydroxyl groups excluding tert-OH is 2. The Kier molecular flexibility index (Phi) is 12.2. The smallest absolute Gasteiger partial charge is 0.230 e. The van der Waals surface area contributed by atoms with Crippen molar-refractivity contribution in [3.05, 3.63) is 77.7 Å². The second-order valence-electron chi connectivity index (χ2n) is 12.4. The largest absolute Gasteiger partial charge is 0.487 e. The first kappa shape index (κ1) is 34.5. The van der Waals surface area contributed by atoms with Crippen molar-refractivity contribution in [3.8, 4) is 11.5 Å². The Bertz CT molecular complexity index is 1380. The van der Waals surface area contributed by atoms with Crippen LogP contribution in [0.15, 0.2) is 65.9 Å². The third kappa shape index (κ3) is 7.33. The SMILES string of the molecule is C=CCO[C@@]12Oc3ccc(OCc4cccc(C)n4)cc3[C@H]3[C@H](CCCCO)[C@@H](CCCCO)C=C(C(=NOC)C[C@@H]1SCC)[C@H]32. The molecule has 1 aliphatic heterocycles. The molecule has 0 spiro atoms. The van der Waals surface area contributed by atoms with E-state index in [0.717, 1.165) is 84.0 Å². The highest BCUT2D eigenvalue weighted by atomic mass is 32.2. The van der Waals surface area contributed by atoms with E-state index < -0.39 is 5.79 Å². The summed E-state index contributed by atoms with van der Waals surface area (Å²) < 4.78 is 20.3. The number of thioether (sulfide) groups is 1. The molecule has 0 bridgehead atoms. The fourth-order valence-corrected chi connectivity index (χ4v) is 8.89. The van der Waals surface area contributed by atoms with E-state index in [2.05, 4.69) is 35.8 Å². The number of hydrogen-bond donors (Lipinski definition) is 2. The predicted molar refractivity (Wildman–Crippen MR) is 183 cm³/mol. The summed E-state index contributed by atoms with van der Waals surface area (Å²) in [6, 6.07) is 12.1. The first-order valence-electron chi connectivity index (χ1n) is 16.8. The number of aryl methyl sites for hydroxylation is 1. The number of ether oxygens (including phenoxy) is 3. The molecule has 250 valence electrons. The first-order valence-corrected chi connectivity index (χ1v) is 17.8. The summed E-state index contributed by atoms with van der Waals surface area (Å²) in [6.45, 7) is 9.23. The average molecular weight is 651 g/mol. The number of pyridine rings is 1. The van der Waals surface area contributed by atoms with Gasteiger partial charge in [-0.05, 0) is 86.1 Å². The topological polar surface area (TPSA) is 103 Å². The van der Waals surface area contributed by atoms with Gasteiger partial charge in [-0.25, -0.2) is 0 Å². The molecule has 0 saturated heterocycles. The van der Waals surface area contributed by atoms with Crippen molar-refractivity contribution in [2.75, 3.05) is 32.7 Å². The van der Waals surface area contributed by atoms with Crippen LogP contribution in [0, 0.1) is 24.7 Å². The van der Waals surface area contributed by atoms with Crippen LogP contribution in [0.25, 0.3) is 0 Å². The third-order valence-corrected chi connectivity index (χ3v) is 10.8. The van der Waals surface area contributed by atoms with Crippen LogP contribution < -0.4 is 9.47 Å². The molecule has 0 amide bonds. The zero-order valence-corrected chi connectivity index (χ0v) is 28.3. The molecule has 1 aromatic heterocycles. The van der Waals surface area contributed by atoms with Gasteiger partial charge in [0.15, 0.2) is 0 Å². The number of aliphatic hydroxyl groups is 2. The Balaban J connectivity index is 1.66. The lowest BCUT2D eigenvalue weighted by molar-refractivity contribution is -0.223. The fraction of sp³-hybridized carbons (Fsp3) is 0.568. The molecule has 3 aliphatic rings. The van der Waals surface area contributed by atoms with Crippen molar-refractivity contribution in [1.82, 2.24) is 4.98 Å². The van der Waals surface area contributed by atoms with Crippen LogP contribution in [0.1, 0.15) is 74.7 Å². The van der Waals surface area contributed by atoms with Crippen molar-refractivity contribution >= 4 is 17.5 Å². The molecule has 2 N–H and O–H groups in total. The third-order valence-electron chi connectivity index (χ3n) is 9.52. The minimum absolute atomic E-state index is 0.0171. The van der Waals surface area contributed by atoms with Crippen LogP contribution in [-0.2, 0) is 16.2 Å². The van der Waals surface area contributed by atoms with Crippen molar-refractivity contribution in [3.63, 3.8) is 0 Å². The summed E-state index contributed by atoms with van der Waals surface area (Å²) in [5.74, 6) is 2.00. The molecule has 9 heteroatoms. The van der Waals surface area contributed by atoms with E-state index in [-0.39, 0.29) is 42.1 Å². The quantitative estimate of drug-likeness (QED) is 0.107. The van der Waals surface area contributed by atoms with Gasteiger partial charge in [0.2, 0.25) is 5.79 Å². The molecule has 0 unspecified atom stereocenters. The zero-order chi connectivity index (χ0) is 32.5. The number of fused-ring (bicyclic) bond motifs is 2. The highest BCUT2D eigenvalue weighted by molar-refractivity contribution is 8.00. The number of rotatable bonds is 17. The van der Waals surface area contributed by atoms with E-state index in [4.69, 9.17) is 19.0 Å². The van der Waals surface area contributed by atoms with Gasteiger partial charge in [-0.15, -0.1) is 6.58 Å². The van der Waals surface area contributed by atoms with Gasteiger partial charge in [0, 0.05) is 36.8 Å². The number of oxime groups is 1. The van der Waals surface area contributed by atoms with Crippen molar-refractivity contribution in [2.24, 2.45) is 22.9 Å². The predicted octanol–water partition coefficient (Wildman–Crippen LogP) is 6.99. The van der Waals surface area contributed by atoms with Gasteiger partial charge in [0.1, 0.15) is 25.2 Å². The minimum Gasteiger partial charge on any atom is -0.487 e. The number of unbranched alkanes of at least 4 members (excludes halogenated alkanes) is 2. The molecule has 1 fully saturated rings. The lowest BCUT2D eigenvalue weighted by atomic mass is 9.56. The number of benzene rings is 1. The van der Waals surface area contributed by atoms with Gasteiger partial charge < -0.3 is 29.3 Å². The molecule has 1 aromatic carbocycles. The van der Waals surface area contributed by atoms with E-state index in [1.54, 1.807) is 13.2 Å². The molecule has 0 radical (unpaired) electrons. The summed E-state index contributed by atoms with van der Waals surface area (Å²) in [4.78, 5) is 10.1. The number of nitrogens with zero attached hydrogens (tertiary/aromatic N) is 2. The zero-order valence-electron chi connectivity index (χ0n) is 27.5. The van der Waals surface area contributed by atoms with Crippen LogP contribution >= 0.6 is 11.8 Å². The van der Waals surface area contributed by atoms with E-state index >= 15 is 0 Å². The fourth-order valence-electron chi connectivity index (χ4n) is 7.71. The molecule has 2 aromatic rings. The minimum atomic E-state index is -0.926. The maximum absolute atomic E-state index is 9.75. The maximum Gasteiger partial charge on any atom is 0.230 e. The molecular formula is C37H50N2O6S. The monoisotopic (exact) mass is 650 g/mol. The van der Waals surface area contributed by atoms with Gasteiger partial charge >= 0.3 is 0 Å². The number of hydrogen-bond acceptors (Lipinski definition) is 9. The normalized spacial score (nSPS) is 27.3. The van der Waals surface area contributed by atoms with Crippen molar-refractivity contribution < 1.29 is 29.3 Å². The van der Waals surface area contributed by atoms with E-state index in [1.165, 1.54) is 0 Å². The maximum atomic E-state index is 9.75. The first-order chi connectivity index (χ1) is 22.5. The lowest BCUT2D eigenvalue weighted by Gasteiger charge is -2.58. The summed E-state index contributed by atoms with van der Waals surface area (Å²) in [5.41, 5.74) is 5.04. The van der Waals surface area contributed by atoms with Crippen molar-refractivity contribution in [2.45, 2.75) is 82.4 Å².